The fourth-order valence-electron chi connectivity index (χ4n) is 2.02. The lowest BCUT2D eigenvalue weighted by Gasteiger charge is -2.17. The number of rotatable bonds is 3. The zero-order valence-corrected chi connectivity index (χ0v) is 14.1. The van der Waals surface area contributed by atoms with Crippen LogP contribution < -0.4 is 5.43 Å². The molecule has 0 spiro atoms. The molecule has 0 unspecified atom stereocenters. The lowest BCUT2D eigenvalue weighted by atomic mass is 10.1. The summed E-state index contributed by atoms with van der Waals surface area (Å²) in [5, 5.41) is 5.21. The van der Waals surface area contributed by atoms with E-state index in [1.165, 1.54) is 0 Å². The SMILES string of the molecule is O=C(NN=CC1=C(Cl)c2cc(Cl)ccc2SC1)c1ccncc1. The van der Waals surface area contributed by atoms with E-state index < -0.39 is 0 Å². The van der Waals surface area contributed by atoms with E-state index in [0.717, 1.165) is 16.0 Å². The molecule has 1 amide bonds. The lowest BCUT2D eigenvalue weighted by molar-refractivity contribution is 0.0955. The van der Waals surface area contributed by atoms with Crippen LogP contribution in [0.5, 0.6) is 0 Å². The van der Waals surface area contributed by atoms with E-state index in [1.54, 1.807) is 42.5 Å². The van der Waals surface area contributed by atoms with Crippen molar-refractivity contribution in [2.24, 2.45) is 5.10 Å². The number of fused-ring (bicyclic) bond motifs is 1. The van der Waals surface area contributed by atoms with Gasteiger partial charge in [0.05, 0.1) is 11.2 Å². The van der Waals surface area contributed by atoms with Crippen molar-refractivity contribution in [2.45, 2.75) is 4.90 Å². The number of hydrazone groups is 1. The summed E-state index contributed by atoms with van der Waals surface area (Å²) in [6.07, 6.45) is 4.67. The Labute approximate surface area is 147 Å². The van der Waals surface area contributed by atoms with Crippen LogP contribution in [-0.2, 0) is 0 Å². The number of thioether (sulfide) groups is 1. The molecule has 116 valence electrons. The van der Waals surface area contributed by atoms with Gasteiger partial charge in [0.25, 0.3) is 5.91 Å². The number of hydrogen-bond acceptors (Lipinski definition) is 4. The van der Waals surface area contributed by atoms with Gasteiger partial charge in [0.1, 0.15) is 0 Å². The van der Waals surface area contributed by atoms with E-state index in [2.05, 4.69) is 15.5 Å². The molecule has 0 fully saturated rings. The van der Waals surface area contributed by atoms with Gasteiger partial charge in [0.15, 0.2) is 0 Å². The summed E-state index contributed by atoms with van der Waals surface area (Å²) in [7, 11) is 0. The van der Waals surface area contributed by atoms with Crippen molar-refractivity contribution >= 4 is 52.1 Å². The van der Waals surface area contributed by atoms with Gasteiger partial charge >= 0.3 is 0 Å². The van der Waals surface area contributed by atoms with Gasteiger partial charge in [-0.05, 0) is 30.3 Å². The fraction of sp³-hybridized carbons (Fsp3) is 0.0625. The fourth-order valence-corrected chi connectivity index (χ4v) is 3.61. The molecule has 1 aromatic carbocycles. The first kappa shape index (κ1) is 16.1. The topological polar surface area (TPSA) is 54.4 Å². The number of pyridine rings is 1. The number of carbonyl (C=O) groups is 1. The van der Waals surface area contributed by atoms with Crippen LogP contribution in [0.15, 0.2) is 58.3 Å². The predicted molar refractivity (Wildman–Crippen MR) is 95.1 cm³/mol. The average Bonchev–Trinajstić information content (AvgIpc) is 2.58. The van der Waals surface area contributed by atoms with Crippen molar-refractivity contribution in [3.63, 3.8) is 0 Å². The van der Waals surface area contributed by atoms with Crippen molar-refractivity contribution in [3.8, 4) is 0 Å². The van der Waals surface area contributed by atoms with Gasteiger partial charge in [-0.2, -0.15) is 5.10 Å². The summed E-state index contributed by atoms with van der Waals surface area (Å²) in [6, 6.07) is 8.85. The molecule has 3 rings (SSSR count). The normalized spacial score (nSPS) is 14.0. The maximum Gasteiger partial charge on any atom is 0.271 e. The Kier molecular flexibility index (Phi) is 5.00. The molecule has 0 aliphatic carbocycles. The third kappa shape index (κ3) is 3.75. The Hall–Kier alpha value is -1.82. The number of nitrogens with one attached hydrogen (secondary N) is 1. The van der Waals surface area contributed by atoms with Gasteiger partial charge in [0.2, 0.25) is 0 Å². The number of aromatic nitrogens is 1. The zero-order valence-electron chi connectivity index (χ0n) is 11.8. The van der Waals surface area contributed by atoms with Gasteiger partial charge in [-0.15, -0.1) is 11.8 Å². The number of benzene rings is 1. The minimum absolute atomic E-state index is 0.299. The highest BCUT2D eigenvalue weighted by atomic mass is 35.5. The Balaban J connectivity index is 1.75. The molecule has 0 bridgehead atoms. The third-order valence-corrected chi connectivity index (χ3v) is 4.98. The Bertz CT molecular complexity index is 806. The van der Waals surface area contributed by atoms with Crippen molar-refractivity contribution in [1.29, 1.82) is 0 Å². The van der Waals surface area contributed by atoms with Crippen molar-refractivity contribution < 1.29 is 4.79 Å². The van der Waals surface area contributed by atoms with Crippen LogP contribution in [0.2, 0.25) is 5.02 Å². The number of halogens is 2. The summed E-state index contributed by atoms with van der Waals surface area (Å²) < 4.78 is 0. The number of hydrogen-bond donors (Lipinski definition) is 1. The molecule has 1 aromatic heterocycles. The highest BCUT2D eigenvalue weighted by Gasteiger charge is 2.17. The molecule has 0 atom stereocenters. The number of nitrogens with zero attached hydrogens (tertiary/aromatic N) is 2. The molecule has 1 aliphatic rings. The van der Waals surface area contributed by atoms with Gasteiger partial charge in [0, 0.05) is 44.8 Å². The van der Waals surface area contributed by atoms with E-state index in [-0.39, 0.29) is 5.91 Å². The van der Waals surface area contributed by atoms with Gasteiger partial charge in [-0.3, -0.25) is 9.78 Å². The Morgan fingerprint density at radius 1 is 1.26 bits per heavy atom. The molecule has 2 heterocycles. The highest BCUT2D eigenvalue weighted by molar-refractivity contribution is 7.99. The van der Waals surface area contributed by atoms with E-state index in [9.17, 15) is 4.79 Å². The molecular formula is C16H11Cl2N3OS. The molecule has 2 aromatic rings. The van der Waals surface area contributed by atoms with Crippen LogP contribution in [0.25, 0.3) is 5.03 Å². The van der Waals surface area contributed by atoms with Crippen LogP contribution in [0.4, 0.5) is 0 Å². The summed E-state index contributed by atoms with van der Waals surface area (Å²) in [6.45, 7) is 0. The summed E-state index contributed by atoms with van der Waals surface area (Å²) in [5.41, 5.74) is 4.69. The van der Waals surface area contributed by atoms with Crippen LogP contribution in [0.3, 0.4) is 0 Å². The molecule has 7 heteroatoms. The van der Waals surface area contributed by atoms with Crippen LogP contribution in [0.1, 0.15) is 15.9 Å². The smallest absolute Gasteiger partial charge is 0.267 e. The van der Waals surface area contributed by atoms with E-state index in [1.807, 2.05) is 18.2 Å². The molecule has 4 nitrogen and oxygen atoms in total. The van der Waals surface area contributed by atoms with Gasteiger partial charge < -0.3 is 0 Å². The van der Waals surface area contributed by atoms with Crippen LogP contribution in [0, 0.1) is 0 Å². The molecule has 0 saturated carbocycles. The molecule has 0 radical (unpaired) electrons. The van der Waals surface area contributed by atoms with Crippen LogP contribution >= 0.6 is 35.0 Å². The first-order chi connectivity index (χ1) is 11.1. The minimum Gasteiger partial charge on any atom is -0.267 e. The van der Waals surface area contributed by atoms with Crippen molar-refractivity contribution in [3.05, 3.63) is 64.4 Å². The zero-order chi connectivity index (χ0) is 16.2. The van der Waals surface area contributed by atoms with Gasteiger partial charge in [-0.1, -0.05) is 23.2 Å². The maximum atomic E-state index is 11.9. The van der Waals surface area contributed by atoms with Gasteiger partial charge in [-0.25, -0.2) is 5.43 Å². The number of amides is 1. The molecular weight excluding hydrogens is 353 g/mol. The Morgan fingerprint density at radius 3 is 2.83 bits per heavy atom. The maximum absolute atomic E-state index is 11.9. The molecule has 0 saturated heterocycles. The minimum atomic E-state index is -0.299. The first-order valence-corrected chi connectivity index (χ1v) is 8.44. The molecule has 1 N–H and O–H groups in total. The summed E-state index contributed by atoms with van der Waals surface area (Å²) >= 11 is 14.1. The second kappa shape index (κ2) is 7.17. The summed E-state index contributed by atoms with van der Waals surface area (Å²) in [4.78, 5) is 16.8. The molecule has 1 aliphatic heterocycles. The van der Waals surface area contributed by atoms with E-state index in [0.29, 0.717) is 21.4 Å². The molecule has 23 heavy (non-hydrogen) atoms. The standard InChI is InChI=1S/C16H11Cl2N3OS/c17-12-1-2-14-13(7-12)15(18)11(9-23-14)8-20-21-16(22)10-3-5-19-6-4-10/h1-8H,9H2,(H,21,22). The van der Waals surface area contributed by atoms with E-state index in [4.69, 9.17) is 23.2 Å². The van der Waals surface area contributed by atoms with Crippen LogP contribution in [-0.4, -0.2) is 22.9 Å². The third-order valence-electron chi connectivity index (χ3n) is 3.17. The van der Waals surface area contributed by atoms with E-state index >= 15 is 0 Å². The van der Waals surface area contributed by atoms with Crippen molar-refractivity contribution in [1.82, 2.24) is 10.4 Å². The summed E-state index contributed by atoms with van der Waals surface area (Å²) in [5.74, 6) is 0.384. The Morgan fingerprint density at radius 2 is 2.04 bits per heavy atom. The number of carbonyl (C=O) groups excluding carboxylic acids is 1. The highest BCUT2D eigenvalue weighted by Crippen LogP contribution is 2.39. The lowest BCUT2D eigenvalue weighted by Crippen LogP contribution is -2.18. The predicted octanol–water partition coefficient (Wildman–Crippen LogP) is 4.21. The average molecular weight is 364 g/mol. The quantitative estimate of drug-likeness (QED) is 0.656. The first-order valence-electron chi connectivity index (χ1n) is 6.70. The largest absolute Gasteiger partial charge is 0.271 e. The second-order valence-electron chi connectivity index (χ2n) is 4.70. The second-order valence-corrected chi connectivity index (χ2v) is 6.53. The van der Waals surface area contributed by atoms with Crippen molar-refractivity contribution in [2.75, 3.05) is 5.75 Å². The monoisotopic (exact) mass is 363 g/mol.